The number of amides is 1. The first-order valence-electron chi connectivity index (χ1n) is 10.5. The lowest BCUT2D eigenvalue weighted by Gasteiger charge is -2.24. The summed E-state index contributed by atoms with van der Waals surface area (Å²) < 4.78 is 14.8. The highest BCUT2D eigenvalue weighted by atomic mass is 19.1. The third-order valence-electron chi connectivity index (χ3n) is 5.77. The van der Waals surface area contributed by atoms with E-state index in [0.29, 0.717) is 23.5 Å². The molecule has 8 heteroatoms. The third kappa shape index (κ3) is 3.53. The summed E-state index contributed by atoms with van der Waals surface area (Å²) >= 11 is 0. The average Bonchev–Trinajstić information content (AvgIpc) is 3.15. The van der Waals surface area contributed by atoms with Crippen LogP contribution in [0.3, 0.4) is 0 Å². The zero-order chi connectivity index (χ0) is 22.2. The van der Waals surface area contributed by atoms with Crippen LogP contribution in [0.15, 0.2) is 54.7 Å². The van der Waals surface area contributed by atoms with Crippen molar-refractivity contribution in [1.82, 2.24) is 25.0 Å². The predicted octanol–water partition coefficient (Wildman–Crippen LogP) is 4.21. The number of carbonyl (C=O) groups excluding carboxylic acids is 1. The molecule has 0 aliphatic carbocycles. The number of hydrogen-bond acceptors (Lipinski definition) is 5. The molecule has 2 aromatic carbocycles. The molecule has 1 amide bonds. The number of benzene rings is 2. The Morgan fingerprint density at radius 2 is 1.88 bits per heavy atom. The van der Waals surface area contributed by atoms with E-state index in [2.05, 4.69) is 56.8 Å². The van der Waals surface area contributed by atoms with Gasteiger partial charge in [-0.1, -0.05) is 31.2 Å². The van der Waals surface area contributed by atoms with Gasteiger partial charge in [-0.05, 0) is 48.7 Å². The number of aromatic nitrogens is 5. The van der Waals surface area contributed by atoms with Crippen molar-refractivity contribution in [2.45, 2.75) is 32.6 Å². The van der Waals surface area contributed by atoms with E-state index in [1.165, 1.54) is 28.6 Å². The van der Waals surface area contributed by atoms with E-state index in [0.717, 1.165) is 23.2 Å². The molecule has 0 saturated carbocycles. The van der Waals surface area contributed by atoms with Gasteiger partial charge in [-0.2, -0.15) is 14.9 Å². The summed E-state index contributed by atoms with van der Waals surface area (Å²) in [5.41, 5.74) is 5.30. The first-order valence-corrected chi connectivity index (χ1v) is 10.5. The highest BCUT2D eigenvalue weighted by molar-refractivity contribution is 5.95. The van der Waals surface area contributed by atoms with Crippen molar-refractivity contribution in [2.75, 3.05) is 5.32 Å². The number of rotatable bonds is 4. The molecule has 0 bridgehead atoms. The highest BCUT2D eigenvalue weighted by Gasteiger charge is 2.33. The second-order valence-corrected chi connectivity index (χ2v) is 7.81. The SMILES string of the molecule is CCc1ccc([C@H]2CC(=O)Nc3c2c(C)nn3-c2nncc(-c3ccc(F)cc3)n2)cc1. The Morgan fingerprint density at radius 3 is 2.59 bits per heavy atom. The lowest BCUT2D eigenvalue weighted by Crippen LogP contribution is -2.25. The molecule has 2 aromatic heterocycles. The molecule has 160 valence electrons. The van der Waals surface area contributed by atoms with E-state index in [4.69, 9.17) is 0 Å². The first kappa shape index (κ1) is 20.0. The smallest absolute Gasteiger partial charge is 0.272 e. The van der Waals surface area contributed by atoms with Gasteiger partial charge in [0.15, 0.2) is 0 Å². The van der Waals surface area contributed by atoms with E-state index in [1.54, 1.807) is 12.1 Å². The molecule has 0 spiro atoms. The molecule has 5 rings (SSSR count). The number of fused-ring (bicyclic) bond motifs is 1. The van der Waals surface area contributed by atoms with E-state index in [-0.39, 0.29) is 23.6 Å². The van der Waals surface area contributed by atoms with Crippen LogP contribution in [-0.4, -0.2) is 30.9 Å². The Bertz CT molecular complexity index is 1300. The summed E-state index contributed by atoms with van der Waals surface area (Å²) in [4.78, 5) is 17.2. The lowest BCUT2D eigenvalue weighted by molar-refractivity contribution is -0.116. The van der Waals surface area contributed by atoms with Gasteiger partial charge in [-0.15, -0.1) is 5.10 Å². The Hall–Kier alpha value is -3.94. The molecule has 1 atom stereocenters. The fourth-order valence-corrected chi connectivity index (χ4v) is 4.11. The summed E-state index contributed by atoms with van der Waals surface area (Å²) in [7, 11) is 0. The van der Waals surface area contributed by atoms with Gasteiger partial charge in [0, 0.05) is 23.5 Å². The van der Waals surface area contributed by atoms with Gasteiger partial charge >= 0.3 is 0 Å². The molecule has 0 saturated heterocycles. The van der Waals surface area contributed by atoms with Gasteiger partial charge in [0.2, 0.25) is 5.91 Å². The van der Waals surface area contributed by atoms with Gasteiger partial charge in [0.1, 0.15) is 11.6 Å². The fourth-order valence-electron chi connectivity index (χ4n) is 4.11. The van der Waals surface area contributed by atoms with Crippen molar-refractivity contribution in [1.29, 1.82) is 0 Å². The average molecular weight is 428 g/mol. The van der Waals surface area contributed by atoms with Crippen LogP contribution in [0.1, 0.15) is 41.6 Å². The number of halogens is 1. The van der Waals surface area contributed by atoms with Crippen LogP contribution >= 0.6 is 0 Å². The van der Waals surface area contributed by atoms with Crippen LogP contribution in [0.4, 0.5) is 10.2 Å². The molecule has 1 N–H and O–H groups in total. The molecule has 7 nitrogen and oxygen atoms in total. The maximum Gasteiger partial charge on any atom is 0.272 e. The lowest BCUT2D eigenvalue weighted by atomic mass is 9.85. The predicted molar refractivity (Wildman–Crippen MR) is 118 cm³/mol. The minimum atomic E-state index is -0.325. The van der Waals surface area contributed by atoms with E-state index < -0.39 is 0 Å². The number of hydrogen-bond donors (Lipinski definition) is 1. The van der Waals surface area contributed by atoms with Crippen molar-refractivity contribution in [3.05, 3.63) is 82.9 Å². The van der Waals surface area contributed by atoms with Gasteiger partial charge in [0.25, 0.3) is 5.95 Å². The van der Waals surface area contributed by atoms with Gasteiger partial charge in [-0.25, -0.2) is 9.37 Å². The Kier molecular flexibility index (Phi) is 4.97. The molecular weight excluding hydrogens is 407 g/mol. The summed E-state index contributed by atoms with van der Waals surface area (Å²) in [6, 6.07) is 14.3. The van der Waals surface area contributed by atoms with Crippen LogP contribution in [0.25, 0.3) is 17.2 Å². The topological polar surface area (TPSA) is 85.6 Å². The molecule has 0 fully saturated rings. The molecule has 3 heterocycles. The van der Waals surface area contributed by atoms with Gasteiger partial charge in [0.05, 0.1) is 17.6 Å². The molecule has 1 aliphatic heterocycles. The Labute approximate surface area is 184 Å². The standard InChI is InChI=1S/C24H21FN6O/c1-3-15-4-6-16(7-5-15)19-12-21(32)28-23-22(19)14(2)30-31(23)24-27-20(13-26-29-24)17-8-10-18(25)11-9-17/h4-11,13,19H,3,12H2,1-2H3,(H,28,32)/t19-/m1/s1. The molecule has 0 radical (unpaired) electrons. The number of nitrogens with one attached hydrogen (secondary N) is 1. The van der Waals surface area contributed by atoms with Crippen LogP contribution < -0.4 is 5.32 Å². The van der Waals surface area contributed by atoms with Crippen LogP contribution in [0.5, 0.6) is 0 Å². The minimum absolute atomic E-state index is 0.0918. The maximum absolute atomic E-state index is 13.3. The first-order chi connectivity index (χ1) is 15.5. The third-order valence-corrected chi connectivity index (χ3v) is 5.77. The summed E-state index contributed by atoms with van der Waals surface area (Å²) in [5.74, 6) is 0.269. The van der Waals surface area contributed by atoms with Crippen molar-refractivity contribution < 1.29 is 9.18 Å². The van der Waals surface area contributed by atoms with Crippen molar-refractivity contribution >= 4 is 11.7 Å². The number of carbonyl (C=O) groups is 1. The molecule has 1 aliphatic rings. The van der Waals surface area contributed by atoms with Crippen LogP contribution in [0, 0.1) is 12.7 Å². The van der Waals surface area contributed by atoms with E-state index in [9.17, 15) is 9.18 Å². The van der Waals surface area contributed by atoms with Crippen molar-refractivity contribution in [3.63, 3.8) is 0 Å². The molecule has 4 aromatic rings. The second-order valence-electron chi connectivity index (χ2n) is 7.81. The molecule has 0 unspecified atom stereocenters. The normalized spacial score (nSPS) is 15.3. The quantitative estimate of drug-likeness (QED) is 0.526. The van der Waals surface area contributed by atoms with E-state index >= 15 is 0 Å². The monoisotopic (exact) mass is 428 g/mol. The van der Waals surface area contributed by atoms with E-state index in [1.807, 2.05) is 6.92 Å². The zero-order valence-electron chi connectivity index (χ0n) is 17.7. The fraction of sp³-hybridized carbons (Fsp3) is 0.208. The van der Waals surface area contributed by atoms with Gasteiger partial charge < -0.3 is 5.32 Å². The number of anilines is 1. The highest BCUT2D eigenvalue weighted by Crippen LogP contribution is 2.40. The van der Waals surface area contributed by atoms with Crippen LogP contribution in [-0.2, 0) is 11.2 Å². The number of aryl methyl sites for hydroxylation is 2. The Balaban J connectivity index is 1.58. The maximum atomic E-state index is 13.3. The molecular formula is C24H21FN6O. The molecule has 32 heavy (non-hydrogen) atoms. The second kappa shape index (κ2) is 7.96. The largest absolute Gasteiger partial charge is 0.310 e. The van der Waals surface area contributed by atoms with Crippen LogP contribution in [0.2, 0.25) is 0 Å². The van der Waals surface area contributed by atoms with Crippen molar-refractivity contribution in [2.24, 2.45) is 0 Å². The minimum Gasteiger partial charge on any atom is -0.310 e. The van der Waals surface area contributed by atoms with Gasteiger partial charge in [-0.3, -0.25) is 4.79 Å². The van der Waals surface area contributed by atoms with Crippen molar-refractivity contribution in [3.8, 4) is 17.2 Å². The number of nitrogens with zero attached hydrogens (tertiary/aromatic N) is 5. The summed E-state index contributed by atoms with van der Waals surface area (Å²) in [6.45, 7) is 4.03. The Morgan fingerprint density at radius 1 is 1.12 bits per heavy atom. The summed E-state index contributed by atoms with van der Waals surface area (Å²) in [5, 5.41) is 15.8. The zero-order valence-corrected chi connectivity index (χ0v) is 17.7. The summed E-state index contributed by atoms with van der Waals surface area (Å²) in [6.07, 6.45) is 2.82.